The molecule has 1 amide bonds. The molecule has 0 aliphatic heterocycles. The number of rotatable bonds is 9. The Hall–Kier alpha value is -1.26. The second-order valence-corrected chi connectivity index (χ2v) is 5.81. The topological polar surface area (TPSA) is 64.4 Å². The quantitative estimate of drug-likeness (QED) is 0.731. The van der Waals surface area contributed by atoms with Crippen molar-refractivity contribution in [2.75, 3.05) is 13.2 Å². The molecule has 0 saturated carbocycles. The maximum atomic E-state index is 11.6. The second kappa shape index (κ2) is 11.3. The molecule has 0 heterocycles. The van der Waals surface area contributed by atoms with Gasteiger partial charge in [-0.25, -0.2) is 0 Å². The summed E-state index contributed by atoms with van der Waals surface area (Å²) >= 11 is 0. The Morgan fingerprint density at radius 2 is 2.09 bits per heavy atom. The van der Waals surface area contributed by atoms with Crippen LogP contribution < -0.4 is 15.8 Å². The summed E-state index contributed by atoms with van der Waals surface area (Å²) in [6.07, 6.45) is 2.22. The number of amides is 1. The number of benzene rings is 1. The molecule has 126 valence electrons. The summed E-state index contributed by atoms with van der Waals surface area (Å²) in [5.41, 5.74) is 7.58. The van der Waals surface area contributed by atoms with Crippen LogP contribution >= 0.6 is 12.4 Å². The van der Waals surface area contributed by atoms with Gasteiger partial charge in [-0.2, -0.15) is 0 Å². The summed E-state index contributed by atoms with van der Waals surface area (Å²) in [6, 6.07) is 6.08. The van der Waals surface area contributed by atoms with Crippen molar-refractivity contribution in [3.8, 4) is 5.75 Å². The average Bonchev–Trinajstić information content (AvgIpc) is 2.43. The van der Waals surface area contributed by atoms with Crippen LogP contribution in [-0.2, 0) is 11.3 Å². The lowest BCUT2D eigenvalue weighted by atomic mass is 10.1. The van der Waals surface area contributed by atoms with Gasteiger partial charge in [0.2, 0.25) is 5.91 Å². The number of carbonyl (C=O) groups is 1. The highest BCUT2D eigenvalue weighted by atomic mass is 35.5. The first-order valence-corrected chi connectivity index (χ1v) is 7.72. The van der Waals surface area contributed by atoms with Gasteiger partial charge in [-0.05, 0) is 43.9 Å². The van der Waals surface area contributed by atoms with Gasteiger partial charge in [0.15, 0.2) is 0 Å². The van der Waals surface area contributed by atoms with E-state index >= 15 is 0 Å². The Kier molecular flexibility index (Phi) is 10.7. The number of hydrogen-bond donors (Lipinski definition) is 2. The van der Waals surface area contributed by atoms with Crippen LogP contribution in [0.15, 0.2) is 18.2 Å². The molecule has 1 rings (SSSR count). The van der Waals surface area contributed by atoms with Gasteiger partial charge in [-0.3, -0.25) is 4.79 Å². The van der Waals surface area contributed by atoms with Gasteiger partial charge in [0, 0.05) is 18.5 Å². The van der Waals surface area contributed by atoms with Crippen molar-refractivity contribution in [3.05, 3.63) is 29.3 Å². The molecule has 3 N–H and O–H groups in total. The van der Waals surface area contributed by atoms with Crippen LogP contribution in [-0.4, -0.2) is 19.1 Å². The number of ether oxygens (including phenoxy) is 1. The number of nitrogens with two attached hydrogens (primary N) is 1. The minimum absolute atomic E-state index is 0. The molecule has 0 atom stereocenters. The summed E-state index contributed by atoms with van der Waals surface area (Å²) in [6.45, 7) is 8.15. The van der Waals surface area contributed by atoms with E-state index in [0.29, 0.717) is 32.0 Å². The molecule has 0 saturated heterocycles. The van der Waals surface area contributed by atoms with Crippen LogP contribution in [0.4, 0.5) is 0 Å². The molecule has 0 bridgehead atoms. The lowest BCUT2D eigenvalue weighted by molar-refractivity contribution is -0.121. The monoisotopic (exact) mass is 328 g/mol. The van der Waals surface area contributed by atoms with Crippen LogP contribution in [0.1, 0.15) is 44.2 Å². The third-order valence-corrected chi connectivity index (χ3v) is 3.26. The summed E-state index contributed by atoms with van der Waals surface area (Å²) in [4.78, 5) is 11.6. The molecule has 0 unspecified atom stereocenters. The number of carbonyl (C=O) groups excluding carboxylic acids is 1. The van der Waals surface area contributed by atoms with Crippen LogP contribution in [0.2, 0.25) is 0 Å². The maximum absolute atomic E-state index is 11.6. The van der Waals surface area contributed by atoms with E-state index in [9.17, 15) is 4.79 Å². The van der Waals surface area contributed by atoms with Gasteiger partial charge in [0.25, 0.3) is 0 Å². The Morgan fingerprint density at radius 1 is 1.36 bits per heavy atom. The zero-order valence-electron chi connectivity index (χ0n) is 13.9. The predicted octanol–water partition coefficient (Wildman–Crippen LogP) is 3.20. The minimum atomic E-state index is 0. The molecule has 1 aromatic carbocycles. The van der Waals surface area contributed by atoms with Gasteiger partial charge < -0.3 is 15.8 Å². The van der Waals surface area contributed by atoms with Crippen molar-refractivity contribution in [3.63, 3.8) is 0 Å². The van der Waals surface area contributed by atoms with E-state index in [1.807, 2.05) is 25.1 Å². The summed E-state index contributed by atoms with van der Waals surface area (Å²) in [7, 11) is 0. The highest BCUT2D eigenvalue weighted by molar-refractivity contribution is 5.85. The fourth-order valence-corrected chi connectivity index (χ4v) is 1.89. The maximum Gasteiger partial charge on any atom is 0.220 e. The lowest BCUT2D eigenvalue weighted by Gasteiger charge is -2.14. The van der Waals surface area contributed by atoms with E-state index in [1.54, 1.807) is 0 Å². The normalized spacial score (nSPS) is 10.2. The summed E-state index contributed by atoms with van der Waals surface area (Å²) in [5, 5.41) is 2.92. The molecule has 1 aromatic rings. The van der Waals surface area contributed by atoms with E-state index in [-0.39, 0.29) is 18.3 Å². The van der Waals surface area contributed by atoms with Gasteiger partial charge in [0.1, 0.15) is 5.75 Å². The van der Waals surface area contributed by atoms with Gasteiger partial charge in [0.05, 0.1) is 6.61 Å². The van der Waals surface area contributed by atoms with E-state index < -0.39 is 0 Å². The Bertz CT molecular complexity index is 450. The molecule has 22 heavy (non-hydrogen) atoms. The third-order valence-electron chi connectivity index (χ3n) is 3.26. The van der Waals surface area contributed by atoms with Crippen molar-refractivity contribution < 1.29 is 9.53 Å². The first kappa shape index (κ1) is 20.7. The number of aryl methyl sites for hydroxylation is 1. The lowest BCUT2D eigenvalue weighted by Crippen LogP contribution is -2.23. The molecule has 0 aromatic heterocycles. The summed E-state index contributed by atoms with van der Waals surface area (Å²) in [5.74, 6) is 1.53. The van der Waals surface area contributed by atoms with E-state index in [1.165, 1.54) is 0 Å². The van der Waals surface area contributed by atoms with Crippen molar-refractivity contribution in [2.45, 2.75) is 46.6 Å². The minimum Gasteiger partial charge on any atom is -0.493 e. The Balaban J connectivity index is 0.00000441. The Labute approximate surface area is 140 Å². The third kappa shape index (κ3) is 8.25. The molecule has 0 spiro atoms. The standard InChI is InChI=1S/C17H28N2O2.ClH/c1-13(2)8-10-21-16-11-14(3)6-7-15(16)12-19-17(20)5-4-9-18;/h6-7,11,13H,4-5,8-10,12,18H2,1-3H3,(H,19,20);1H. The smallest absolute Gasteiger partial charge is 0.220 e. The Morgan fingerprint density at radius 3 is 2.73 bits per heavy atom. The van der Waals surface area contributed by atoms with Crippen molar-refractivity contribution in [1.29, 1.82) is 0 Å². The van der Waals surface area contributed by atoms with Gasteiger partial charge in [-0.15, -0.1) is 12.4 Å². The zero-order valence-corrected chi connectivity index (χ0v) is 14.7. The molecule has 5 heteroatoms. The van der Waals surface area contributed by atoms with Crippen LogP contribution in [0.25, 0.3) is 0 Å². The molecular weight excluding hydrogens is 300 g/mol. The molecule has 0 fully saturated rings. The van der Waals surface area contributed by atoms with Gasteiger partial charge >= 0.3 is 0 Å². The highest BCUT2D eigenvalue weighted by Gasteiger charge is 2.07. The zero-order chi connectivity index (χ0) is 15.7. The van der Waals surface area contributed by atoms with Crippen LogP contribution in [0, 0.1) is 12.8 Å². The van der Waals surface area contributed by atoms with Crippen molar-refractivity contribution in [2.24, 2.45) is 11.7 Å². The van der Waals surface area contributed by atoms with Crippen molar-refractivity contribution >= 4 is 18.3 Å². The number of halogens is 1. The average molecular weight is 329 g/mol. The first-order valence-electron chi connectivity index (χ1n) is 7.72. The molecular formula is C17H29ClN2O2. The predicted molar refractivity (Wildman–Crippen MR) is 93.5 cm³/mol. The fourth-order valence-electron chi connectivity index (χ4n) is 1.89. The molecule has 0 aliphatic carbocycles. The fraction of sp³-hybridized carbons (Fsp3) is 0.588. The first-order chi connectivity index (χ1) is 10.0. The second-order valence-electron chi connectivity index (χ2n) is 5.81. The van der Waals surface area contributed by atoms with Crippen LogP contribution in [0.3, 0.4) is 0 Å². The van der Waals surface area contributed by atoms with Crippen LogP contribution in [0.5, 0.6) is 5.75 Å². The molecule has 0 aliphatic rings. The van der Waals surface area contributed by atoms with E-state index in [0.717, 1.165) is 29.7 Å². The van der Waals surface area contributed by atoms with E-state index in [4.69, 9.17) is 10.5 Å². The molecule has 0 radical (unpaired) electrons. The summed E-state index contributed by atoms with van der Waals surface area (Å²) < 4.78 is 5.87. The highest BCUT2D eigenvalue weighted by Crippen LogP contribution is 2.21. The van der Waals surface area contributed by atoms with Gasteiger partial charge in [-0.1, -0.05) is 26.0 Å². The SMILES string of the molecule is Cc1ccc(CNC(=O)CCCN)c(OCCC(C)C)c1.Cl. The van der Waals surface area contributed by atoms with E-state index in [2.05, 4.69) is 19.2 Å². The van der Waals surface area contributed by atoms with Crippen molar-refractivity contribution in [1.82, 2.24) is 5.32 Å². The largest absolute Gasteiger partial charge is 0.493 e. The molecule has 4 nitrogen and oxygen atoms in total. The number of nitrogens with one attached hydrogen (secondary N) is 1. The number of hydrogen-bond acceptors (Lipinski definition) is 3.